The van der Waals surface area contributed by atoms with Gasteiger partial charge in [0.05, 0.1) is 21.7 Å². The number of benzene rings is 2. The molecule has 2 aromatic rings. The third kappa shape index (κ3) is 6.95. The molecule has 8 nitrogen and oxygen atoms in total. The van der Waals surface area contributed by atoms with Crippen LogP contribution in [0, 0.1) is 5.82 Å². The van der Waals surface area contributed by atoms with Gasteiger partial charge in [-0.05, 0) is 56.6 Å². The van der Waals surface area contributed by atoms with E-state index >= 15 is 0 Å². The molecule has 5 rings (SSSR count). The Morgan fingerprint density at radius 1 is 0.976 bits per heavy atom. The number of rotatable bonds is 6. The molecule has 0 unspecified atom stereocenters. The second-order valence-corrected chi connectivity index (χ2v) is 12.1. The number of amides is 2. The molecule has 2 amide bonds. The molecule has 2 aromatic carbocycles. The number of aliphatic hydroxyl groups is 1. The lowest BCUT2D eigenvalue weighted by molar-refractivity contribution is -0.152. The van der Waals surface area contributed by atoms with E-state index < -0.39 is 17.3 Å². The number of hydrogen-bond acceptors (Lipinski definition) is 6. The van der Waals surface area contributed by atoms with Gasteiger partial charge in [0, 0.05) is 64.1 Å². The second-order valence-electron chi connectivity index (χ2n) is 11.3. The minimum absolute atomic E-state index is 0. The third-order valence-electron chi connectivity index (χ3n) is 8.40. The zero-order chi connectivity index (χ0) is 28.6. The average molecular weight is 627 g/mol. The van der Waals surface area contributed by atoms with E-state index in [9.17, 15) is 19.1 Å². The fourth-order valence-electron chi connectivity index (χ4n) is 5.82. The van der Waals surface area contributed by atoms with E-state index in [0.29, 0.717) is 47.8 Å². The van der Waals surface area contributed by atoms with Crippen LogP contribution >= 0.6 is 36.7 Å². The summed E-state index contributed by atoms with van der Waals surface area (Å²) in [5, 5.41) is 15.1. The van der Waals surface area contributed by atoms with Crippen molar-refractivity contribution >= 4 is 54.2 Å². The summed E-state index contributed by atoms with van der Waals surface area (Å²) in [6, 6.07) is 9.67. The zero-order valence-electron chi connectivity index (χ0n) is 23.4. The van der Waals surface area contributed by atoms with Crippen LogP contribution in [0.2, 0.25) is 10.0 Å². The van der Waals surface area contributed by atoms with Gasteiger partial charge in [0.25, 0.3) is 11.8 Å². The number of carbonyl (C=O) groups is 2. The Kier molecular flexibility index (Phi) is 10.1. The van der Waals surface area contributed by atoms with Gasteiger partial charge in [-0.1, -0.05) is 35.3 Å². The summed E-state index contributed by atoms with van der Waals surface area (Å²) in [6.45, 7) is 7.14. The van der Waals surface area contributed by atoms with Crippen LogP contribution in [0.3, 0.4) is 0 Å². The molecular formula is C29H38Cl2FN5O3S. The Balaban J connectivity index is 0.00000387. The normalized spacial score (nSPS) is 20.6. The standard InChI is InChI=1S/C29H36Cl2FN5O3.H2S/c1-29(40,19-4-3-5-20(32)14-19)28(39)36-8-6-23(7-9-36)37-17-22(18-37)33-21-15-24(30)26(25(31)16-21)27(38)35-12-10-34(2)11-13-35;/h3-5,14-16,22-23,33,40H,6-13,17-18H2,1-2H3;1H2/t29-;/m0./s1. The summed E-state index contributed by atoms with van der Waals surface area (Å²) >= 11 is 13.1. The largest absolute Gasteiger partial charge is 0.380 e. The molecule has 2 N–H and O–H groups in total. The van der Waals surface area contributed by atoms with Crippen molar-refractivity contribution in [2.75, 3.05) is 64.7 Å². The highest BCUT2D eigenvalue weighted by atomic mass is 35.5. The monoisotopic (exact) mass is 625 g/mol. The summed E-state index contributed by atoms with van der Waals surface area (Å²) in [4.78, 5) is 34.1. The molecule has 0 saturated carbocycles. The molecule has 3 aliphatic rings. The number of anilines is 1. The zero-order valence-corrected chi connectivity index (χ0v) is 25.9. The Labute approximate surface area is 257 Å². The second kappa shape index (κ2) is 13.1. The van der Waals surface area contributed by atoms with Gasteiger partial charge in [-0.25, -0.2) is 4.39 Å². The van der Waals surface area contributed by atoms with Crippen LogP contribution in [0.1, 0.15) is 35.7 Å². The van der Waals surface area contributed by atoms with Crippen LogP contribution in [-0.4, -0.2) is 108 Å². The highest BCUT2D eigenvalue weighted by Crippen LogP contribution is 2.33. The number of carbonyl (C=O) groups excluding carboxylic acids is 2. The predicted octanol–water partition coefficient (Wildman–Crippen LogP) is 3.63. The SMILES string of the molecule is CN1CCN(C(=O)c2c(Cl)cc(NC3CN(C4CCN(C(=O)[C@@](C)(O)c5cccc(F)c5)CC4)C3)cc2Cl)CC1.S. The first-order chi connectivity index (χ1) is 19.0. The molecule has 0 aliphatic carbocycles. The predicted molar refractivity (Wildman–Crippen MR) is 165 cm³/mol. The first-order valence-corrected chi connectivity index (χ1v) is 14.5. The number of piperidine rings is 1. The lowest BCUT2D eigenvalue weighted by Gasteiger charge is -2.48. The van der Waals surface area contributed by atoms with Gasteiger partial charge < -0.3 is 25.1 Å². The molecule has 0 aromatic heterocycles. The van der Waals surface area contributed by atoms with Crippen molar-refractivity contribution in [3.05, 3.63) is 63.4 Å². The number of halogens is 3. The number of likely N-dealkylation sites (N-methyl/N-ethyl adjacent to an activating group) is 1. The third-order valence-corrected chi connectivity index (χ3v) is 8.99. The van der Waals surface area contributed by atoms with Crippen molar-refractivity contribution in [2.24, 2.45) is 0 Å². The van der Waals surface area contributed by atoms with Crippen LogP contribution in [0.5, 0.6) is 0 Å². The first-order valence-electron chi connectivity index (χ1n) is 13.8. The van der Waals surface area contributed by atoms with Crippen molar-refractivity contribution in [2.45, 2.75) is 37.5 Å². The molecule has 12 heteroatoms. The van der Waals surface area contributed by atoms with Gasteiger partial charge in [0.15, 0.2) is 5.60 Å². The maximum Gasteiger partial charge on any atom is 0.258 e. The van der Waals surface area contributed by atoms with Crippen molar-refractivity contribution in [1.82, 2.24) is 19.6 Å². The first kappa shape index (κ1) is 31.8. The molecule has 3 heterocycles. The van der Waals surface area contributed by atoms with Crippen molar-refractivity contribution in [1.29, 1.82) is 0 Å². The lowest BCUT2D eigenvalue weighted by atomic mass is 9.92. The van der Waals surface area contributed by atoms with E-state index in [1.54, 1.807) is 28.0 Å². The fraction of sp³-hybridized carbons (Fsp3) is 0.517. The van der Waals surface area contributed by atoms with Crippen LogP contribution in [0.15, 0.2) is 36.4 Å². The summed E-state index contributed by atoms with van der Waals surface area (Å²) in [7, 11) is 2.04. The Morgan fingerprint density at radius 3 is 2.17 bits per heavy atom. The molecule has 41 heavy (non-hydrogen) atoms. The minimum Gasteiger partial charge on any atom is -0.380 e. The van der Waals surface area contributed by atoms with Gasteiger partial charge in [-0.3, -0.25) is 14.5 Å². The molecule has 3 saturated heterocycles. The van der Waals surface area contributed by atoms with Crippen LogP contribution in [-0.2, 0) is 10.4 Å². The number of hydrogen-bond donors (Lipinski definition) is 2. The molecule has 0 spiro atoms. The highest BCUT2D eigenvalue weighted by Gasteiger charge is 2.40. The molecule has 3 aliphatic heterocycles. The van der Waals surface area contributed by atoms with E-state index in [0.717, 1.165) is 44.7 Å². The quantitative estimate of drug-likeness (QED) is 0.510. The minimum atomic E-state index is -1.77. The molecule has 0 bridgehead atoms. The Bertz CT molecular complexity index is 1240. The Morgan fingerprint density at radius 2 is 1.59 bits per heavy atom. The Hall–Kier alpha value is -2.08. The molecular weight excluding hydrogens is 588 g/mol. The summed E-state index contributed by atoms with van der Waals surface area (Å²) < 4.78 is 13.7. The highest BCUT2D eigenvalue weighted by molar-refractivity contribution is 7.59. The van der Waals surface area contributed by atoms with Crippen LogP contribution in [0.25, 0.3) is 0 Å². The van der Waals surface area contributed by atoms with E-state index in [1.165, 1.54) is 25.1 Å². The number of nitrogens with one attached hydrogen (secondary N) is 1. The number of piperazine rings is 1. The molecule has 224 valence electrons. The topological polar surface area (TPSA) is 79.4 Å². The van der Waals surface area contributed by atoms with E-state index in [2.05, 4.69) is 15.1 Å². The van der Waals surface area contributed by atoms with E-state index in [1.807, 2.05) is 7.05 Å². The van der Waals surface area contributed by atoms with Crippen molar-refractivity contribution < 1.29 is 19.1 Å². The fourth-order valence-corrected chi connectivity index (χ4v) is 6.47. The van der Waals surface area contributed by atoms with Gasteiger partial charge >= 0.3 is 0 Å². The summed E-state index contributed by atoms with van der Waals surface area (Å²) in [6.07, 6.45) is 1.61. The van der Waals surface area contributed by atoms with Crippen LogP contribution in [0.4, 0.5) is 10.1 Å². The lowest BCUT2D eigenvalue weighted by Crippen LogP contribution is -2.61. The van der Waals surface area contributed by atoms with Crippen molar-refractivity contribution in [3.8, 4) is 0 Å². The average Bonchev–Trinajstić information content (AvgIpc) is 2.90. The number of nitrogens with zero attached hydrogens (tertiary/aromatic N) is 4. The number of likely N-dealkylation sites (tertiary alicyclic amines) is 2. The molecule has 3 fully saturated rings. The smallest absolute Gasteiger partial charge is 0.258 e. The maximum atomic E-state index is 13.7. The van der Waals surface area contributed by atoms with Crippen molar-refractivity contribution in [3.63, 3.8) is 0 Å². The van der Waals surface area contributed by atoms with Gasteiger partial charge in [-0.15, -0.1) is 0 Å². The van der Waals surface area contributed by atoms with Gasteiger partial charge in [0.2, 0.25) is 0 Å². The van der Waals surface area contributed by atoms with E-state index in [4.69, 9.17) is 23.2 Å². The summed E-state index contributed by atoms with van der Waals surface area (Å²) in [5.41, 5.74) is -0.373. The van der Waals surface area contributed by atoms with E-state index in [-0.39, 0.29) is 31.0 Å². The molecule has 1 atom stereocenters. The summed E-state index contributed by atoms with van der Waals surface area (Å²) in [5.74, 6) is -1.01. The van der Waals surface area contributed by atoms with Gasteiger partial charge in [-0.2, -0.15) is 13.5 Å². The van der Waals surface area contributed by atoms with Gasteiger partial charge in [0.1, 0.15) is 5.82 Å². The van der Waals surface area contributed by atoms with Crippen LogP contribution < -0.4 is 5.32 Å². The molecule has 0 radical (unpaired) electrons. The maximum absolute atomic E-state index is 13.7.